The van der Waals surface area contributed by atoms with E-state index in [1.807, 2.05) is 18.3 Å². The van der Waals surface area contributed by atoms with Gasteiger partial charge in [-0.15, -0.1) is 0 Å². The van der Waals surface area contributed by atoms with Gasteiger partial charge in [0.1, 0.15) is 11.6 Å². The number of nitrogens with one attached hydrogen (secondary N) is 1. The fourth-order valence-corrected chi connectivity index (χ4v) is 2.37. The zero-order chi connectivity index (χ0) is 12.4. The van der Waals surface area contributed by atoms with Crippen molar-refractivity contribution in [1.29, 1.82) is 0 Å². The number of rotatable bonds is 3. The number of pyridine rings is 1. The lowest BCUT2D eigenvalue weighted by Gasteiger charge is -2.09. The quantitative estimate of drug-likeness (QED) is 0.624. The van der Waals surface area contributed by atoms with E-state index >= 15 is 0 Å². The van der Waals surface area contributed by atoms with Gasteiger partial charge in [-0.25, -0.2) is 15.8 Å². The lowest BCUT2D eigenvalue weighted by atomic mass is 10.2. The molecule has 0 saturated heterocycles. The first-order valence-electron chi connectivity index (χ1n) is 6.11. The van der Waals surface area contributed by atoms with E-state index in [1.165, 1.54) is 5.56 Å². The number of hydrogen-bond acceptors (Lipinski definition) is 5. The predicted octanol–water partition coefficient (Wildman–Crippen LogP) is 1.24. The molecule has 0 spiro atoms. The van der Waals surface area contributed by atoms with Crippen molar-refractivity contribution in [2.24, 2.45) is 5.84 Å². The summed E-state index contributed by atoms with van der Waals surface area (Å²) in [6, 6.07) is 3.95. The van der Waals surface area contributed by atoms with Crippen LogP contribution >= 0.6 is 0 Å². The lowest BCUT2D eigenvalue weighted by molar-refractivity contribution is 0.884. The third-order valence-electron chi connectivity index (χ3n) is 3.20. The number of hydrazine groups is 1. The van der Waals surface area contributed by atoms with E-state index in [2.05, 4.69) is 20.4 Å². The van der Waals surface area contributed by atoms with Crippen molar-refractivity contribution >= 4 is 5.82 Å². The van der Waals surface area contributed by atoms with Crippen LogP contribution in [-0.2, 0) is 19.3 Å². The smallest absolute Gasteiger partial charge is 0.147 e. The van der Waals surface area contributed by atoms with Gasteiger partial charge in [-0.2, -0.15) is 0 Å². The molecule has 2 heterocycles. The first-order chi connectivity index (χ1) is 8.86. The molecule has 0 radical (unpaired) electrons. The van der Waals surface area contributed by atoms with Crippen molar-refractivity contribution in [2.45, 2.75) is 25.7 Å². The van der Waals surface area contributed by atoms with E-state index in [0.29, 0.717) is 6.42 Å². The van der Waals surface area contributed by atoms with Gasteiger partial charge in [-0.1, -0.05) is 6.07 Å². The van der Waals surface area contributed by atoms with Crippen molar-refractivity contribution in [3.63, 3.8) is 0 Å². The van der Waals surface area contributed by atoms with Crippen molar-refractivity contribution in [3.05, 3.63) is 47.2 Å². The number of nitrogen functional groups attached to an aromatic ring is 1. The molecular formula is C13H15N5. The molecule has 1 aliphatic rings. The van der Waals surface area contributed by atoms with Gasteiger partial charge in [0.05, 0.1) is 0 Å². The summed E-state index contributed by atoms with van der Waals surface area (Å²) in [4.78, 5) is 13.2. The Balaban J connectivity index is 1.94. The highest BCUT2D eigenvalue weighted by Gasteiger charge is 2.18. The van der Waals surface area contributed by atoms with Gasteiger partial charge in [-0.3, -0.25) is 4.98 Å². The maximum Gasteiger partial charge on any atom is 0.147 e. The van der Waals surface area contributed by atoms with Crippen LogP contribution in [0.4, 0.5) is 5.82 Å². The molecule has 0 aliphatic heterocycles. The second-order valence-electron chi connectivity index (χ2n) is 4.45. The number of nitrogens with zero attached hydrogens (tertiary/aromatic N) is 3. The largest absolute Gasteiger partial charge is 0.308 e. The van der Waals surface area contributed by atoms with E-state index in [9.17, 15) is 0 Å². The average Bonchev–Trinajstić information content (AvgIpc) is 2.87. The molecule has 0 atom stereocenters. The van der Waals surface area contributed by atoms with Crippen LogP contribution in [0.5, 0.6) is 0 Å². The van der Waals surface area contributed by atoms with Gasteiger partial charge in [-0.05, 0) is 30.9 Å². The summed E-state index contributed by atoms with van der Waals surface area (Å²) in [6.45, 7) is 0. The topological polar surface area (TPSA) is 76.7 Å². The van der Waals surface area contributed by atoms with Crippen LogP contribution in [0.25, 0.3) is 0 Å². The maximum atomic E-state index is 5.53. The third kappa shape index (κ3) is 2.04. The van der Waals surface area contributed by atoms with E-state index in [1.54, 1.807) is 6.20 Å². The SMILES string of the molecule is NNc1nc(Cc2cccnc2)nc2c1CCC2. The van der Waals surface area contributed by atoms with E-state index in [-0.39, 0.29) is 0 Å². The minimum atomic E-state index is 0.690. The number of hydrogen-bond donors (Lipinski definition) is 2. The Morgan fingerprint density at radius 1 is 1.28 bits per heavy atom. The normalized spacial score (nSPS) is 13.4. The highest BCUT2D eigenvalue weighted by atomic mass is 15.3. The van der Waals surface area contributed by atoms with Gasteiger partial charge >= 0.3 is 0 Å². The average molecular weight is 241 g/mol. The highest BCUT2D eigenvalue weighted by molar-refractivity contribution is 5.48. The summed E-state index contributed by atoms with van der Waals surface area (Å²) in [6.07, 6.45) is 7.46. The van der Waals surface area contributed by atoms with Gasteiger partial charge < -0.3 is 5.43 Å². The van der Waals surface area contributed by atoms with Gasteiger partial charge in [0.2, 0.25) is 0 Å². The maximum absolute atomic E-state index is 5.53. The van der Waals surface area contributed by atoms with Crippen LogP contribution in [0.2, 0.25) is 0 Å². The lowest BCUT2D eigenvalue weighted by Crippen LogP contribution is -2.14. The molecular weight excluding hydrogens is 226 g/mol. The Bertz CT molecular complexity index is 553. The van der Waals surface area contributed by atoms with Crippen molar-refractivity contribution in [3.8, 4) is 0 Å². The zero-order valence-electron chi connectivity index (χ0n) is 10.1. The van der Waals surface area contributed by atoms with Crippen LogP contribution in [0.15, 0.2) is 24.5 Å². The van der Waals surface area contributed by atoms with Gasteiger partial charge in [0.15, 0.2) is 0 Å². The number of fused-ring (bicyclic) bond motifs is 1. The second kappa shape index (κ2) is 4.70. The monoisotopic (exact) mass is 241 g/mol. The summed E-state index contributed by atoms with van der Waals surface area (Å²) in [5.41, 5.74) is 6.11. The molecule has 5 heteroatoms. The fraction of sp³-hybridized carbons (Fsp3) is 0.308. The van der Waals surface area contributed by atoms with Crippen molar-refractivity contribution < 1.29 is 0 Å². The molecule has 0 aromatic carbocycles. The molecule has 0 amide bonds. The fourth-order valence-electron chi connectivity index (χ4n) is 2.37. The predicted molar refractivity (Wildman–Crippen MR) is 68.9 cm³/mol. The first-order valence-corrected chi connectivity index (χ1v) is 6.11. The standard InChI is InChI=1S/C13H15N5/c14-18-13-10-4-1-5-11(10)16-12(17-13)7-9-3-2-6-15-8-9/h2-3,6,8H,1,4-5,7,14H2,(H,16,17,18). The number of nitrogens with two attached hydrogens (primary N) is 1. The Morgan fingerprint density at radius 2 is 2.22 bits per heavy atom. The second-order valence-corrected chi connectivity index (χ2v) is 4.45. The molecule has 1 aliphatic carbocycles. The molecule has 0 bridgehead atoms. The Hall–Kier alpha value is -2.01. The Labute approximate surface area is 105 Å². The van der Waals surface area contributed by atoms with Crippen LogP contribution in [0.1, 0.15) is 29.1 Å². The number of anilines is 1. The van der Waals surface area contributed by atoms with Crippen LogP contribution in [0.3, 0.4) is 0 Å². The van der Waals surface area contributed by atoms with Crippen LogP contribution in [-0.4, -0.2) is 15.0 Å². The summed E-state index contributed by atoms with van der Waals surface area (Å²) >= 11 is 0. The molecule has 3 rings (SSSR count). The van der Waals surface area contributed by atoms with Crippen molar-refractivity contribution in [2.75, 3.05) is 5.43 Å². The highest BCUT2D eigenvalue weighted by Crippen LogP contribution is 2.26. The Kier molecular flexibility index (Phi) is 2.90. The summed E-state index contributed by atoms with van der Waals surface area (Å²) < 4.78 is 0. The summed E-state index contributed by atoms with van der Waals surface area (Å²) in [7, 11) is 0. The van der Waals surface area contributed by atoms with Crippen LogP contribution < -0.4 is 11.3 Å². The van der Waals surface area contributed by atoms with Gasteiger partial charge in [0, 0.05) is 30.1 Å². The minimum absolute atomic E-state index is 0.690. The Morgan fingerprint density at radius 3 is 3.00 bits per heavy atom. The molecule has 2 aromatic rings. The van der Waals surface area contributed by atoms with Crippen LogP contribution in [0, 0.1) is 0 Å². The molecule has 0 fully saturated rings. The third-order valence-corrected chi connectivity index (χ3v) is 3.20. The summed E-state index contributed by atoms with van der Waals surface area (Å²) in [5.74, 6) is 7.11. The number of aryl methyl sites for hydroxylation is 1. The van der Waals surface area contributed by atoms with E-state index in [0.717, 1.165) is 42.2 Å². The zero-order valence-corrected chi connectivity index (χ0v) is 10.1. The first kappa shape index (κ1) is 11.1. The molecule has 3 N–H and O–H groups in total. The molecule has 18 heavy (non-hydrogen) atoms. The molecule has 2 aromatic heterocycles. The minimum Gasteiger partial charge on any atom is -0.308 e. The molecule has 0 saturated carbocycles. The molecule has 5 nitrogen and oxygen atoms in total. The summed E-state index contributed by atoms with van der Waals surface area (Å²) in [5, 5.41) is 0. The molecule has 92 valence electrons. The number of aromatic nitrogens is 3. The van der Waals surface area contributed by atoms with E-state index < -0.39 is 0 Å². The van der Waals surface area contributed by atoms with Gasteiger partial charge in [0.25, 0.3) is 0 Å². The van der Waals surface area contributed by atoms with Crippen molar-refractivity contribution in [1.82, 2.24) is 15.0 Å². The van der Waals surface area contributed by atoms with E-state index in [4.69, 9.17) is 5.84 Å². The molecule has 0 unspecified atom stereocenters.